The zero-order valence-electron chi connectivity index (χ0n) is 15.8. The summed E-state index contributed by atoms with van der Waals surface area (Å²) in [6.07, 6.45) is 12.6. The summed E-state index contributed by atoms with van der Waals surface area (Å²) in [5.41, 5.74) is -0.440. The molecule has 0 spiro atoms. The SMILES string of the molecule is CC[C@@](C)(O)CCC[C@@H](C)CCC[C@@H](C)CCCC(C)C. The number of hydrogen-bond acceptors (Lipinski definition) is 1. The Morgan fingerprint density at radius 1 is 0.762 bits per heavy atom. The highest BCUT2D eigenvalue weighted by Crippen LogP contribution is 2.23. The van der Waals surface area contributed by atoms with Crippen LogP contribution in [0.15, 0.2) is 0 Å². The van der Waals surface area contributed by atoms with Crippen molar-refractivity contribution in [2.24, 2.45) is 17.8 Å². The minimum Gasteiger partial charge on any atom is -0.390 e. The third kappa shape index (κ3) is 13.4. The fraction of sp³-hybridized carbons (Fsp3) is 1.00. The average Bonchev–Trinajstić information content (AvgIpc) is 2.38. The Kier molecular flexibility index (Phi) is 11.5. The van der Waals surface area contributed by atoms with E-state index in [1.165, 1.54) is 51.4 Å². The monoisotopic (exact) mass is 298 g/mol. The predicted molar refractivity (Wildman–Crippen MR) is 95.6 cm³/mol. The van der Waals surface area contributed by atoms with E-state index in [9.17, 15) is 5.11 Å². The largest absolute Gasteiger partial charge is 0.390 e. The Morgan fingerprint density at radius 3 is 1.62 bits per heavy atom. The topological polar surface area (TPSA) is 20.2 Å². The Balaban J connectivity index is 3.54. The van der Waals surface area contributed by atoms with Gasteiger partial charge in [-0.25, -0.2) is 0 Å². The van der Waals surface area contributed by atoms with Crippen molar-refractivity contribution >= 4 is 0 Å². The van der Waals surface area contributed by atoms with Gasteiger partial charge in [-0.3, -0.25) is 0 Å². The maximum Gasteiger partial charge on any atom is 0.0617 e. The van der Waals surface area contributed by atoms with E-state index in [-0.39, 0.29) is 0 Å². The Bertz CT molecular complexity index is 232. The van der Waals surface area contributed by atoms with Crippen LogP contribution in [0.3, 0.4) is 0 Å². The molecule has 0 aliphatic rings. The summed E-state index contributed by atoms with van der Waals surface area (Å²) in [5, 5.41) is 10.0. The van der Waals surface area contributed by atoms with Gasteiger partial charge >= 0.3 is 0 Å². The van der Waals surface area contributed by atoms with E-state index in [1.807, 2.05) is 6.92 Å². The lowest BCUT2D eigenvalue weighted by Crippen LogP contribution is -2.22. The highest BCUT2D eigenvalue weighted by Gasteiger charge is 2.17. The van der Waals surface area contributed by atoms with Crippen molar-refractivity contribution < 1.29 is 5.11 Å². The normalized spacial score (nSPS) is 17.7. The van der Waals surface area contributed by atoms with E-state index < -0.39 is 5.60 Å². The second-order valence-electron chi connectivity index (χ2n) is 8.21. The molecule has 0 saturated heterocycles. The summed E-state index contributed by atoms with van der Waals surface area (Å²) in [5.74, 6) is 2.58. The summed E-state index contributed by atoms with van der Waals surface area (Å²) in [4.78, 5) is 0. The smallest absolute Gasteiger partial charge is 0.0617 e. The van der Waals surface area contributed by atoms with Gasteiger partial charge < -0.3 is 5.11 Å². The van der Waals surface area contributed by atoms with Gasteiger partial charge in [-0.1, -0.05) is 86.0 Å². The molecule has 0 amide bonds. The quantitative estimate of drug-likeness (QED) is 0.407. The van der Waals surface area contributed by atoms with Crippen molar-refractivity contribution in [2.45, 2.75) is 111 Å². The van der Waals surface area contributed by atoms with Crippen LogP contribution in [0.4, 0.5) is 0 Å². The van der Waals surface area contributed by atoms with Crippen molar-refractivity contribution in [3.05, 3.63) is 0 Å². The second-order valence-corrected chi connectivity index (χ2v) is 8.21. The number of rotatable bonds is 13. The molecule has 0 heterocycles. The third-order valence-electron chi connectivity index (χ3n) is 5.05. The van der Waals surface area contributed by atoms with Crippen molar-refractivity contribution in [1.82, 2.24) is 0 Å². The van der Waals surface area contributed by atoms with Gasteiger partial charge in [0.05, 0.1) is 5.60 Å². The zero-order valence-corrected chi connectivity index (χ0v) is 15.8. The third-order valence-corrected chi connectivity index (χ3v) is 5.05. The Morgan fingerprint density at radius 2 is 1.19 bits per heavy atom. The lowest BCUT2D eigenvalue weighted by atomic mass is 9.90. The van der Waals surface area contributed by atoms with Gasteiger partial charge in [0.15, 0.2) is 0 Å². The minimum atomic E-state index is -0.440. The molecule has 0 fully saturated rings. The van der Waals surface area contributed by atoms with Crippen LogP contribution in [0, 0.1) is 17.8 Å². The molecule has 0 saturated carbocycles. The zero-order chi connectivity index (χ0) is 16.3. The summed E-state index contributed by atoms with van der Waals surface area (Å²) < 4.78 is 0. The van der Waals surface area contributed by atoms with Crippen LogP contribution >= 0.6 is 0 Å². The van der Waals surface area contributed by atoms with E-state index in [4.69, 9.17) is 0 Å². The molecule has 0 bridgehead atoms. The molecule has 0 aromatic rings. The van der Waals surface area contributed by atoms with Crippen LogP contribution in [-0.2, 0) is 0 Å². The molecule has 128 valence electrons. The fourth-order valence-electron chi connectivity index (χ4n) is 2.99. The van der Waals surface area contributed by atoms with Crippen molar-refractivity contribution in [3.8, 4) is 0 Å². The molecule has 0 rings (SSSR count). The van der Waals surface area contributed by atoms with Crippen LogP contribution in [-0.4, -0.2) is 10.7 Å². The maximum absolute atomic E-state index is 10.0. The van der Waals surface area contributed by atoms with Gasteiger partial charge in [0, 0.05) is 0 Å². The molecule has 1 N–H and O–H groups in total. The molecular weight excluding hydrogens is 256 g/mol. The molecule has 0 unspecified atom stereocenters. The lowest BCUT2D eigenvalue weighted by molar-refractivity contribution is 0.0432. The summed E-state index contributed by atoms with van der Waals surface area (Å²) >= 11 is 0. The first-order valence-electron chi connectivity index (χ1n) is 9.49. The maximum atomic E-state index is 10.0. The molecular formula is C20H42O. The Labute approximate surface area is 134 Å². The highest BCUT2D eigenvalue weighted by molar-refractivity contribution is 4.70. The van der Waals surface area contributed by atoms with Crippen LogP contribution < -0.4 is 0 Å². The van der Waals surface area contributed by atoms with Gasteiger partial charge in [0.2, 0.25) is 0 Å². The van der Waals surface area contributed by atoms with Gasteiger partial charge in [-0.15, -0.1) is 0 Å². The van der Waals surface area contributed by atoms with Crippen molar-refractivity contribution in [3.63, 3.8) is 0 Å². The lowest BCUT2D eigenvalue weighted by Gasteiger charge is -2.22. The van der Waals surface area contributed by atoms with Crippen molar-refractivity contribution in [1.29, 1.82) is 0 Å². The molecule has 1 heteroatoms. The Hall–Kier alpha value is -0.0400. The average molecular weight is 299 g/mol. The first-order chi connectivity index (χ1) is 9.76. The number of hydrogen-bond donors (Lipinski definition) is 1. The van der Waals surface area contributed by atoms with E-state index in [0.717, 1.165) is 30.6 Å². The van der Waals surface area contributed by atoms with E-state index >= 15 is 0 Å². The number of aliphatic hydroxyl groups is 1. The minimum absolute atomic E-state index is 0.440. The first-order valence-corrected chi connectivity index (χ1v) is 9.49. The molecule has 21 heavy (non-hydrogen) atoms. The van der Waals surface area contributed by atoms with Crippen LogP contribution in [0.1, 0.15) is 106 Å². The van der Waals surface area contributed by atoms with Crippen LogP contribution in [0.25, 0.3) is 0 Å². The van der Waals surface area contributed by atoms with E-state index in [0.29, 0.717) is 0 Å². The molecule has 0 aromatic carbocycles. The van der Waals surface area contributed by atoms with Crippen LogP contribution in [0.2, 0.25) is 0 Å². The summed E-state index contributed by atoms with van der Waals surface area (Å²) in [6, 6.07) is 0. The summed E-state index contributed by atoms with van der Waals surface area (Å²) in [6.45, 7) is 13.5. The molecule has 3 atom stereocenters. The van der Waals surface area contributed by atoms with Gasteiger partial charge in [-0.2, -0.15) is 0 Å². The molecule has 0 radical (unpaired) electrons. The molecule has 0 aromatic heterocycles. The standard InChI is InChI=1S/C20H42O/c1-7-20(6,21)16-10-15-19(5)14-9-13-18(4)12-8-11-17(2)3/h17-19,21H,7-16H2,1-6H3/t18-,19-,20+/m0/s1. The first kappa shape index (κ1) is 21.0. The van der Waals surface area contributed by atoms with E-state index in [2.05, 4.69) is 34.6 Å². The van der Waals surface area contributed by atoms with Gasteiger partial charge in [-0.05, 0) is 37.5 Å². The molecule has 1 nitrogen and oxygen atoms in total. The highest BCUT2D eigenvalue weighted by atomic mass is 16.3. The summed E-state index contributed by atoms with van der Waals surface area (Å²) in [7, 11) is 0. The molecule has 0 aliphatic carbocycles. The second kappa shape index (κ2) is 11.5. The van der Waals surface area contributed by atoms with Gasteiger partial charge in [0.25, 0.3) is 0 Å². The van der Waals surface area contributed by atoms with Gasteiger partial charge in [0.1, 0.15) is 0 Å². The van der Waals surface area contributed by atoms with Crippen molar-refractivity contribution in [2.75, 3.05) is 0 Å². The molecule has 0 aliphatic heterocycles. The predicted octanol–water partition coefficient (Wildman–Crippen LogP) is 6.59. The van der Waals surface area contributed by atoms with Crippen LogP contribution in [0.5, 0.6) is 0 Å². The van der Waals surface area contributed by atoms with E-state index in [1.54, 1.807) is 0 Å². The fourth-order valence-corrected chi connectivity index (χ4v) is 2.99.